The highest BCUT2D eigenvalue weighted by atomic mass is 16.5. The Bertz CT molecular complexity index is 1160. The smallest absolute Gasteiger partial charge is 0.338 e. The molecule has 0 aliphatic heterocycles. The summed E-state index contributed by atoms with van der Waals surface area (Å²) in [6.45, 7) is 12.5. The molecular formula is C29H35NO5. The van der Waals surface area contributed by atoms with Gasteiger partial charge in [0.15, 0.2) is 0 Å². The van der Waals surface area contributed by atoms with Gasteiger partial charge in [-0.15, -0.1) is 0 Å². The average Bonchev–Trinajstić information content (AvgIpc) is 2.80. The molecule has 3 aromatic rings. The molecule has 0 saturated carbocycles. The molecule has 1 aromatic heterocycles. The molecule has 0 radical (unpaired) electrons. The lowest BCUT2D eigenvalue weighted by Gasteiger charge is -2.19. The van der Waals surface area contributed by atoms with Gasteiger partial charge >= 0.3 is 5.97 Å². The van der Waals surface area contributed by atoms with E-state index in [2.05, 4.69) is 25.1 Å². The first-order valence-electron chi connectivity index (χ1n) is 11.9. The Labute approximate surface area is 207 Å². The predicted octanol–water partition coefficient (Wildman–Crippen LogP) is 5.97. The number of aliphatic hydroxyl groups is 1. The van der Waals surface area contributed by atoms with Crippen molar-refractivity contribution in [2.24, 2.45) is 0 Å². The Morgan fingerprint density at radius 2 is 1.71 bits per heavy atom. The topological polar surface area (TPSA) is 77.9 Å². The van der Waals surface area contributed by atoms with Crippen LogP contribution in [0.25, 0.3) is 11.1 Å². The Hall–Kier alpha value is -3.38. The molecular weight excluding hydrogens is 442 g/mol. The number of esters is 1. The van der Waals surface area contributed by atoms with Crippen LogP contribution in [0, 0.1) is 20.8 Å². The minimum absolute atomic E-state index is 0.337. The first kappa shape index (κ1) is 26.2. The number of benzene rings is 2. The third-order valence-electron chi connectivity index (χ3n) is 5.81. The van der Waals surface area contributed by atoms with Gasteiger partial charge in [-0.1, -0.05) is 18.2 Å². The van der Waals surface area contributed by atoms with Crippen LogP contribution in [-0.4, -0.2) is 34.9 Å². The van der Waals surface area contributed by atoms with Gasteiger partial charge in [0.25, 0.3) is 0 Å². The lowest BCUT2D eigenvalue weighted by molar-refractivity contribution is 0.0523. The summed E-state index contributed by atoms with van der Waals surface area (Å²) in [5, 5.41) is 9.91. The molecule has 0 aliphatic carbocycles. The normalized spacial score (nSPS) is 11.3. The van der Waals surface area contributed by atoms with Gasteiger partial charge in [0.1, 0.15) is 12.4 Å². The summed E-state index contributed by atoms with van der Waals surface area (Å²) in [6, 6.07) is 15.2. The van der Waals surface area contributed by atoms with Crippen molar-refractivity contribution < 1.29 is 24.1 Å². The van der Waals surface area contributed by atoms with Crippen LogP contribution in [-0.2, 0) is 11.3 Å². The zero-order chi connectivity index (χ0) is 25.6. The summed E-state index contributed by atoms with van der Waals surface area (Å²) >= 11 is 0. The van der Waals surface area contributed by atoms with E-state index >= 15 is 0 Å². The second-order valence-electron chi connectivity index (χ2n) is 9.28. The molecule has 0 unspecified atom stereocenters. The molecule has 0 fully saturated rings. The quantitative estimate of drug-likeness (QED) is 0.363. The molecule has 6 nitrogen and oxygen atoms in total. The van der Waals surface area contributed by atoms with E-state index in [9.17, 15) is 9.90 Å². The highest BCUT2D eigenvalue weighted by Gasteiger charge is 2.16. The van der Waals surface area contributed by atoms with Crippen molar-refractivity contribution in [1.29, 1.82) is 0 Å². The van der Waals surface area contributed by atoms with Crippen molar-refractivity contribution in [3.63, 3.8) is 0 Å². The number of hydrogen-bond donors (Lipinski definition) is 1. The van der Waals surface area contributed by atoms with Crippen molar-refractivity contribution >= 4 is 5.97 Å². The fourth-order valence-corrected chi connectivity index (χ4v) is 3.69. The number of rotatable bonds is 10. The maximum atomic E-state index is 11.8. The molecule has 0 atom stereocenters. The van der Waals surface area contributed by atoms with Crippen molar-refractivity contribution in [2.75, 3.05) is 13.2 Å². The van der Waals surface area contributed by atoms with Gasteiger partial charge < -0.3 is 19.3 Å². The second-order valence-corrected chi connectivity index (χ2v) is 9.28. The molecule has 186 valence electrons. The first-order valence-corrected chi connectivity index (χ1v) is 11.9. The van der Waals surface area contributed by atoms with E-state index in [1.54, 1.807) is 45.0 Å². The van der Waals surface area contributed by atoms with E-state index in [-0.39, 0.29) is 5.97 Å². The number of nitrogens with zero attached hydrogens (tertiary/aromatic N) is 1. The van der Waals surface area contributed by atoms with Crippen LogP contribution >= 0.6 is 0 Å². The molecule has 0 amide bonds. The summed E-state index contributed by atoms with van der Waals surface area (Å²) in [7, 11) is 0. The molecule has 0 spiro atoms. The van der Waals surface area contributed by atoms with Gasteiger partial charge in [-0.05, 0) is 88.6 Å². The van der Waals surface area contributed by atoms with E-state index in [1.165, 1.54) is 0 Å². The average molecular weight is 478 g/mol. The van der Waals surface area contributed by atoms with Crippen LogP contribution in [0.4, 0.5) is 0 Å². The maximum Gasteiger partial charge on any atom is 0.338 e. The Morgan fingerprint density at radius 3 is 2.37 bits per heavy atom. The summed E-state index contributed by atoms with van der Waals surface area (Å²) in [5.74, 6) is 0.943. The second kappa shape index (κ2) is 11.4. The number of hydrogen-bond acceptors (Lipinski definition) is 6. The molecule has 35 heavy (non-hydrogen) atoms. The highest BCUT2D eigenvalue weighted by Crippen LogP contribution is 2.32. The van der Waals surface area contributed by atoms with Crippen molar-refractivity contribution in [3.05, 3.63) is 76.5 Å². The van der Waals surface area contributed by atoms with Gasteiger partial charge in [-0.2, -0.15) is 0 Å². The zero-order valence-electron chi connectivity index (χ0n) is 21.5. The van der Waals surface area contributed by atoms with Gasteiger partial charge in [0.05, 0.1) is 24.4 Å². The van der Waals surface area contributed by atoms with Gasteiger partial charge in [0.2, 0.25) is 5.88 Å². The molecule has 0 aliphatic rings. The minimum atomic E-state index is -0.772. The van der Waals surface area contributed by atoms with E-state index in [1.807, 2.05) is 19.9 Å². The van der Waals surface area contributed by atoms with E-state index in [4.69, 9.17) is 19.2 Å². The van der Waals surface area contributed by atoms with Crippen LogP contribution in [0.2, 0.25) is 0 Å². The number of carbonyl (C=O) groups is 1. The summed E-state index contributed by atoms with van der Waals surface area (Å²) < 4.78 is 16.9. The number of aryl methyl sites for hydroxylation is 2. The van der Waals surface area contributed by atoms with E-state index in [0.29, 0.717) is 43.4 Å². The van der Waals surface area contributed by atoms with Gasteiger partial charge in [-0.25, -0.2) is 9.78 Å². The Morgan fingerprint density at radius 1 is 1.00 bits per heavy atom. The molecule has 6 heteroatoms. The monoisotopic (exact) mass is 477 g/mol. The summed E-state index contributed by atoms with van der Waals surface area (Å²) in [4.78, 5) is 16.5. The molecule has 1 N–H and O–H groups in total. The van der Waals surface area contributed by atoms with Crippen LogP contribution in [0.3, 0.4) is 0 Å². The van der Waals surface area contributed by atoms with Crippen LogP contribution in [0.1, 0.15) is 59.9 Å². The largest absolute Gasteiger partial charge is 0.489 e. The predicted molar refractivity (Wildman–Crippen MR) is 137 cm³/mol. The van der Waals surface area contributed by atoms with Gasteiger partial charge in [0, 0.05) is 23.2 Å². The minimum Gasteiger partial charge on any atom is -0.489 e. The third kappa shape index (κ3) is 7.06. The molecule has 1 heterocycles. The summed E-state index contributed by atoms with van der Waals surface area (Å²) in [6.07, 6.45) is 0.529. The molecule has 0 saturated heterocycles. The number of ether oxygens (including phenoxy) is 3. The molecule has 0 bridgehead atoms. The first-order chi connectivity index (χ1) is 16.6. The fraction of sp³-hybridized carbons (Fsp3) is 0.379. The Balaban J connectivity index is 1.74. The lowest BCUT2D eigenvalue weighted by Crippen LogP contribution is -2.22. The maximum absolute atomic E-state index is 11.8. The standard InChI is InChI=1S/C29H35NO5/c1-7-33-28(31)22-11-13-24(14-12-22)35-18-23-9-8-10-25(20(23)3)26-17-19(2)27(30-21(26)4)34-16-15-29(5,6)32/h8-14,17,32H,7,15-16,18H2,1-6H3. The fourth-order valence-electron chi connectivity index (χ4n) is 3.69. The van der Waals surface area contributed by atoms with E-state index in [0.717, 1.165) is 33.5 Å². The van der Waals surface area contributed by atoms with Crippen molar-refractivity contribution in [2.45, 2.75) is 60.2 Å². The lowest BCUT2D eigenvalue weighted by atomic mass is 9.95. The van der Waals surface area contributed by atoms with Crippen LogP contribution in [0.5, 0.6) is 11.6 Å². The summed E-state index contributed by atoms with van der Waals surface area (Å²) in [5.41, 5.74) is 5.90. The molecule has 2 aromatic carbocycles. The van der Waals surface area contributed by atoms with Gasteiger partial charge in [-0.3, -0.25) is 0 Å². The Kier molecular flexibility index (Phi) is 8.52. The number of carbonyl (C=O) groups excluding carboxylic acids is 1. The zero-order valence-corrected chi connectivity index (χ0v) is 21.5. The van der Waals surface area contributed by atoms with Crippen molar-refractivity contribution in [3.8, 4) is 22.8 Å². The SMILES string of the molecule is CCOC(=O)c1ccc(OCc2cccc(-c3cc(C)c(OCCC(C)(C)O)nc3C)c2C)cc1. The number of pyridine rings is 1. The highest BCUT2D eigenvalue weighted by molar-refractivity contribution is 5.89. The van der Waals surface area contributed by atoms with Crippen LogP contribution < -0.4 is 9.47 Å². The molecule has 3 rings (SSSR count). The van der Waals surface area contributed by atoms with Crippen molar-refractivity contribution in [1.82, 2.24) is 4.98 Å². The van der Waals surface area contributed by atoms with E-state index < -0.39 is 5.60 Å². The number of aromatic nitrogens is 1. The third-order valence-corrected chi connectivity index (χ3v) is 5.81. The van der Waals surface area contributed by atoms with Crippen LogP contribution in [0.15, 0.2) is 48.5 Å².